The number of aromatic nitrogens is 2. The quantitative estimate of drug-likeness (QED) is 0.941. The number of halogens is 2. The van der Waals surface area contributed by atoms with Crippen LogP contribution in [0.15, 0.2) is 22.7 Å². The van der Waals surface area contributed by atoms with Gasteiger partial charge in [-0.3, -0.25) is 0 Å². The Bertz CT molecular complexity index is 515. The molecule has 0 aliphatic heterocycles. The van der Waals surface area contributed by atoms with Crippen LogP contribution in [0.3, 0.4) is 0 Å². The summed E-state index contributed by atoms with van der Waals surface area (Å²) >= 11 is 4.60. The van der Waals surface area contributed by atoms with E-state index in [2.05, 4.69) is 31.4 Å². The molecule has 0 aliphatic rings. The van der Waals surface area contributed by atoms with Crippen LogP contribution in [0.4, 0.5) is 4.39 Å². The number of hydrogen-bond donors (Lipinski definition) is 1. The van der Waals surface area contributed by atoms with E-state index in [1.165, 1.54) is 17.4 Å². The molecule has 2 aromatic rings. The average Bonchev–Trinajstić information content (AvgIpc) is 2.79. The van der Waals surface area contributed by atoms with Crippen LogP contribution in [0.1, 0.15) is 11.9 Å². The van der Waals surface area contributed by atoms with E-state index < -0.39 is 0 Å². The first-order valence-electron chi connectivity index (χ1n) is 5.19. The van der Waals surface area contributed by atoms with Crippen molar-refractivity contribution in [2.75, 3.05) is 6.54 Å². The lowest BCUT2D eigenvalue weighted by Crippen LogP contribution is -2.11. The molecule has 0 saturated carbocycles. The molecule has 90 valence electrons. The lowest BCUT2D eigenvalue weighted by molar-refractivity contribution is 0.621. The van der Waals surface area contributed by atoms with Gasteiger partial charge in [0.1, 0.15) is 15.8 Å². The van der Waals surface area contributed by atoms with Crippen LogP contribution in [-0.4, -0.2) is 16.7 Å². The molecule has 1 heterocycles. The molecular formula is C11H11BrFN3S. The highest BCUT2D eigenvalue weighted by molar-refractivity contribution is 9.10. The van der Waals surface area contributed by atoms with E-state index in [0.29, 0.717) is 11.0 Å². The summed E-state index contributed by atoms with van der Waals surface area (Å²) in [5.41, 5.74) is 0.756. The third-order valence-electron chi connectivity index (χ3n) is 2.16. The molecule has 1 aromatic heterocycles. The Morgan fingerprint density at radius 3 is 2.94 bits per heavy atom. The fourth-order valence-corrected chi connectivity index (χ4v) is 2.35. The molecule has 0 amide bonds. The predicted molar refractivity (Wildman–Crippen MR) is 70.4 cm³/mol. The van der Waals surface area contributed by atoms with Crippen molar-refractivity contribution in [3.63, 3.8) is 0 Å². The molecule has 0 aliphatic carbocycles. The van der Waals surface area contributed by atoms with E-state index >= 15 is 0 Å². The molecule has 0 radical (unpaired) electrons. The van der Waals surface area contributed by atoms with Gasteiger partial charge in [0.15, 0.2) is 0 Å². The molecule has 0 unspecified atom stereocenters. The SMILES string of the molecule is CCNCc1nnc(-c2ccc(Br)c(F)c2)s1. The van der Waals surface area contributed by atoms with E-state index in [4.69, 9.17) is 0 Å². The van der Waals surface area contributed by atoms with Crippen LogP contribution >= 0.6 is 27.3 Å². The van der Waals surface area contributed by atoms with Crippen molar-refractivity contribution in [3.8, 4) is 10.6 Å². The van der Waals surface area contributed by atoms with Crippen LogP contribution < -0.4 is 5.32 Å². The standard InChI is InChI=1S/C11H11BrFN3S/c1-2-14-6-10-15-16-11(17-10)7-3-4-8(12)9(13)5-7/h3-5,14H,2,6H2,1H3. The first-order chi connectivity index (χ1) is 8.20. The molecule has 0 atom stereocenters. The summed E-state index contributed by atoms with van der Waals surface area (Å²) in [5.74, 6) is -0.286. The van der Waals surface area contributed by atoms with Gasteiger partial charge in [0, 0.05) is 12.1 Å². The van der Waals surface area contributed by atoms with Crippen molar-refractivity contribution in [2.24, 2.45) is 0 Å². The normalized spacial score (nSPS) is 10.8. The monoisotopic (exact) mass is 315 g/mol. The molecule has 3 nitrogen and oxygen atoms in total. The van der Waals surface area contributed by atoms with Crippen LogP contribution in [0.2, 0.25) is 0 Å². The zero-order chi connectivity index (χ0) is 12.3. The number of nitrogens with one attached hydrogen (secondary N) is 1. The van der Waals surface area contributed by atoms with Crippen molar-refractivity contribution in [3.05, 3.63) is 33.5 Å². The van der Waals surface area contributed by atoms with Crippen LogP contribution in [-0.2, 0) is 6.54 Å². The van der Waals surface area contributed by atoms with Gasteiger partial charge < -0.3 is 5.32 Å². The molecular weight excluding hydrogens is 305 g/mol. The third kappa shape index (κ3) is 3.08. The Morgan fingerprint density at radius 1 is 1.41 bits per heavy atom. The second-order valence-electron chi connectivity index (χ2n) is 3.41. The maximum atomic E-state index is 13.4. The van der Waals surface area contributed by atoms with E-state index in [0.717, 1.165) is 22.1 Å². The summed E-state index contributed by atoms with van der Waals surface area (Å²) < 4.78 is 13.8. The molecule has 0 fully saturated rings. The highest BCUT2D eigenvalue weighted by atomic mass is 79.9. The van der Waals surface area contributed by atoms with Gasteiger partial charge in [0.05, 0.1) is 4.47 Å². The zero-order valence-corrected chi connectivity index (χ0v) is 11.6. The first kappa shape index (κ1) is 12.6. The highest BCUT2D eigenvalue weighted by Gasteiger charge is 2.08. The molecule has 6 heteroatoms. The molecule has 0 spiro atoms. The summed E-state index contributed by atoms with van der Waals surface area (Å²) in [7, 11) is 0. The van der Waals surface area contributed by atoms with Gasteiger partial charge in [-0.25, -0.2) is 4.39 Å². The number of benzene rings is 1. The second-order valence-corrected chi connectivity index (χ2v) is 5.33. The summed E-state index contributed by atoms with van der Waals surface area (Å²) in [5, 5.41) is 12.9. The summed E-state index contributed by atoms with van der Waals surface area (Å²) in [4.78, 5) is 0. The summed E-state index contributed by atoms with van der Waals surface area (Å²) in [6.07, 6.45) is 0. The molecule has 0 bridgehead atoms. The lowest BCUT2D eigenvalue weighted by atomic mass is 10.2. The van der Waals surface area contributed by atoms with Crippen molar-refractivity contribution in [1.29, 1.82) is 0 Å². The first-order valence-corrected chi connectivity index (χ1v) is 6.80. The van der Waals surface area contributed by atoms with Crippen LogP contribution in [0, 0.1) is 5.82 Å². The maximum Gasteiger partial charge on any atom is 0.147 e. The smallest absolute Gasteiger partial charge is 0.147 e. The van der Waals surface area contributed by atoms with E-state index in [1.807, 2.05) is 13.0 Å². The Balaban J connectivity index is 2.21. The molecule has 1 N–H and O–H groups in total. The minimum Gasteiger partial charge on any atom is -0.311 e. The van der Waals surface area contributed by atoms with Crippen molar-refractivity contribution in [1.82, 2.24) is 15.5 Å². The third-order valence-corrected chi connectivity index (χ3v) is 3.78. The fourth-order valence-electron chi connectivity index (χ4n) is 1.30. The minimum atomic E-state index is -0.286. The second kappa shape index (κ2) is 5.66. The van der Waals surface area contributed by atoms with Crippen molar-refractivity contribution in [2.45, 2.75) is 13.5 Å². The number of rotatable bonds is 4. The minimum absolute atomic E-state index is 0.286. The zero-order valence-electron chi connectivity index (χ0n) is 9.20. The Labute approximate surface area is 111 Å². The summed E-state index contributed by atoms with van der Waals surface area (Å²) in [6.45, 7) is 3.63. The van der Waals surface area contributed by atoms with Gasteiger partial charge in [-0.2, -0.15) is 0 Å². The molecule has 17 heavy (non-hydrogen) atoms. The number of hydrogen-bond acceptors (Lipinski definition) is 4. The Kier molecular flexibility index (Phi) is 4.20. The molecule has 1 aromatic carbocycles. The fraction of sp³-hybridized carbons (Fsp3) is 0.273. The van der Waals surface area contributed by atoms with Gasteiger partial charge in [-0.1, -0.05) is 24.3 Å². The van der Waals surface area contributed by atoms with Crippen molar-refractivity contribution < 1.29 is 4.39 Å². The van der Waals surface area contributed by atoms with Gasteiger partial charge in [0.2, 0.25) is 0 Å². The van der Waals surface area contributed by atoms with E-state index in [1.54, 1.807) is 6.07 Å². The number of nitrogens with zero attached hydrogens (tertiary/aromatic N) is 2. The van der Waals surface area contributed by atoms with E-state index in [-0.39, 0.29) is 5.82 Å². The molecule has 0 saturated heterocycles. The van der Waals surface area contributed by atoms with E-state index in [9.17, 15) is 4.39 Å². The largest absolute Gasteiger partial charge is 0.311 e. The molecule has 2 rings (SSSR count). The van der Waals surface area contributed by atoms with Crippen LogP contribution in [0.25, 0.3) is 10.6 Å². The summed E-state index contributed by atoms with van der Waals surface area (Å²) in [6, 6.07) is 4.96. The lowest BCUT2D eigenvalue weighted by Gasteiger charge is -1.97. The van der Waals surface area contributed by atoms with Gasteiger partial charge >= 0.3 is 0 Å². The maximum absolute atomic E-state index is 13.4. The predicted octanol–water partition coefficient (Wildman–Crippen LogP) is 3.22. The van der Waals surface area contributed by atoms with Crippen molar-refractivity contribution >= 4 is 27.3 Å². The Morgan fingerprint density at radius 2 is 2.24 bits per heavy atom. The topological polar surface area (TPSA) is 37.8 Å². The van der Waals surface area contributed by atoms with Gasteiger partial charge in [-0.05, 0) is 34.6 Å². The average molecular weight is 316 g/mol. The highest BCUT2D eigenvalue weighted by Crippen LogP contribution is 2.26. The van der Waals surface area contributed by atoms with Gasteiger partial charge in [0.25, 0.3) is 0 Å². The van der Waals surface area contributed by atoms with Gasteiger partial charge in [-0.15, -0.1) is 10.2 Å². The van der Waals surface area contributed by atoms with Crippen LogP contribution in [0.5, 0.6) is 0 Å². The Hall–Kier alpha value is -0.850.